The molecule has 6 aromatic carbocycles. The fourth-order valence-corrected chi connectivity index (χ4v) is 6.40. The van der Waals surface area contributed by atoms with Gasteiger partial charge >= 0.3 is 0 Å². The lowest BCUT2D eigenvalue weighted by atomic mass is 9.35. The molecule has 2 aliphatic heterocycles. The van der Waals surface area contributed by atoms with Gasteiger partial charge in [0.15, 0.2) is 0 Å². The highest BCUT2D eigenvalue weighted by atomic mass is 16.5. The van der Waals surface area contributed by atoms with Gasteiger partial charge in [-0.25, -0.2) is 0 Å². The molecule has 0 radical (unpaired) electrons. The minimum atomic E-state index is 0.0750. The largest absolute Gasteiger partial charge is 0.458 e. The van der Waals surface area contributed by atoms with Crippen molar-refractivity contribution >= 4 is 45.0 Å². The second-order valence-corrected chi connectivity index (χ2v) is 10.5. The second-order valence-electron chi connectivity index (χ2n) is 10.5. The summed E-state index contributed by atoms with van der Waals surface area (Å²) in [5, 5.41) is 2.26. The summed E-state index contributed by atoms with van der Waals surface area (Å²) in [4.78, 5) is 0. The van der Waals surface area contributed by atoms with Crippen LogP contribution in [-0.4, -0.2) is 6.71 Å². The minimum Gasteiger partial charge on any atom is -0.458 e. The number of ether oxygens (including phenoxy) is 2. The van der Waals surface area contributed by atoms with Crippen LogP contribution in [0.5, 0.6) is 23.0 Å². The van der Waals surface area contributed by atoms with Gasteiger partial charge < -0.3 is 13.9 Å². The van der Waals surface area contributed by atoms with E-state index in [1.807, 2.05) is 24.3 Å². The molecule has 0 atom stereocenters. The first kappa shape index (κ1) is 21.7. The van der Waals surface area contributed by atoms with Crippen LogP contribution < -0.4 is 25.9 Å². The van der Waals surface area contributed by atoms with Gasteiger partial charge in [-0.15, -0.1) is 0 Å². The molecule has 3 heterocycles. The van der Waals surface area contributed by atoms with Crippen LogP contribution in [0.1, 0.15) is 0 Å². The minimum absolute atomic E-state index is 0.0750. The molecule has 0 bridgehead atoms. The van der Waals surface area contributed by atoms with E-state index in [0.717, 1.165) is 72.7 Å². The molecule has 3 nitrogen and oxygen atoms in total. The van der Waals surface area contributed by atoms with Crippen LogP contribution >= 0.6 is 0 Å². The second kappa shape index (κ2) is 8.14. The van der Waals surface area contributed by atoms with Crippen LogP contribution in [0.4, 0.5) is 0 Å². The average Bonchev–Trinajstić information content (AvgIpc) is 3.40. The number of fused-ring (bicyclic) bond motifs is 7. The van der Waals surface area contributed by atoms with Gasteiger partial charge in [-0.2, -0.15) is 0 Å². The monoisotopic (exact) mass is 512 g/mol. The molecule has 0 saturated heterocycles. The number of hydrogen-bond acceptors (Lipinski definition) is 3. The highest BCUT2D eigenvalue weighted by Gasteiger charge is 2.40. The van der Waals surface area contributed by atoms with Crippen LogP contribution in [-0.2, 0) is 0 Å². The Balaban J connectivity index is 1.21. The van der Waals surface area contributed by atoms with Crippen molar-refractivity contribution in [3.05, 3.63) is 127 Å². The lowest BCUT2D eigenvalue weighted by Gasteiger charge is -2.33. The Morgan fingerprint density at radius 2 is 1.07 bits per heavy atom. The number of para-hydroxylation sites is 4. The molecule has 9 rings (SSSR count). The number of hydrogen-bond donors (Lipinski definition) is 0. The molecule has 186 valence electrons. The lowest BCUT2D eigenvalue weighted by Crippen LogP contribution is -2.57. The molecule has 0 amide bonds. The van der Waals surface area contributed by atoms with Crippen LogP contribution in [0.3, 0.4) is 0 Å². The lowest BCUT2D eigenvalue weighted by molar-refractivity contribution is 0.465. The summed E-state index contributed by atoms with van der Waals surface area (Å²) in [5.74, 6) is 3.47. The van der Waals surface area contributed by atoms with E-state index in [2.05, 4.69) is 103 Å². The standard InChI is InChI=1S/C36H21BO3/c1-4-16-30-26(11-1)27-13-8-12-25(36(27)40-30)23-10-7-9-22(19-23)24-20-33-35-34(21-24)39-32-18-6-3-15-29(32)37(35)28-14-2-5-17-31(28)38-33/h1-21H. The van der Waals surface area contributed by atoms with E-state index >= 15 is 0 Å². The number of rotatable bonds is 2. The maximum absolute atomic E-state index is 6.51. The molecule has 0 aliphatic carbocycles. The van der Waals surface area contributed by atoms with Crippen molar-refractivity contribution in [1.29, 1.82) is 0 Å². The maximum atomic E-state index is 6.51. The average molecular weight is 512 g/mol. The van der Waals surface area contributed by atoms with Gasteiger partial charge in [0.25, 0.3) is 6.71 Å². The van der Waals surface area contributed by atoms with Crippen molar-refractivity contribution in [2.45, 2.75) is 0 Å². The van der Waals surface area contributed by atoms with Crippen molar-refractivity contribution < 1.29 is 13.9 Å². The summed E-state index contributed by atoms with van der Waals surface area (Å²) in [6.45, 7) is 0.0750. The zero-order valence-corrected chi connectivity index (χ0v) is 21.4. The summed E-state index contributed by atoms with van der Waals surface area (Å²) >= 11 is 0. The van der Waals surface area contributed by atoms with Gasteiger partial charge in [-0.3, -0.25) is 0 Å². The van der Waals surface area contributed by atoms with Gasteiger partial charge in [0.2, 0.25) is 0 Å². The Labute approximate surface area is 231 Å². The Morgan fingerprint density at radius 1 is 0.450 bits per heavy atom. The van der Waals surface area contributed by atoms with E-state index in [0.29, 0.717) is 0 Å². The molecule has 4 heteroatoms. The van der Waals surface area contributed by atoms with Crippen LogP contribution in [0, 0.1) is 0 Å². The Morgan fingerprint density at radius 3 is 1.85 bits per heavy atom. The SMILES string of the molecule is c1cc(-c2cc3c4c(c2)Oc2ccccc2B4c2ccccc2O3)cc(-c2cccc3c2oc2ccccc23)c1. The molecule has 0 unspecified atom stereocenters. The predicted octanol–water partition coefficient (Wildman–Crippen LogP) is 7.65. The first-order chi connectivity index (χ1) is 19.8. The van der Waals surface area contributed by atoms with E-state index in [-0.39, 0.29) is 6.71 Å². The summed E-state index contributed by atoms with van der Waals surface area (Å²) < 4.78 is 19.4. The Bertz CT molecular complexity index is 2070. The van der Waals surface area contributed by atoms with Crippen molar-refractivity contribution in [2.75, 3.05) is 0 Å². The molecule has 2 aliphatic rings. The van der Waals surface area contributed by atoms with E-state index in [1.165, 1.54) is 10.9 Å². The number of furan rings is 1. The first-order valence-corrected chi connectivity index (χ1v) is 13.5. The topological polar surface area (TPSA) is 31.6 Å². The molecular formula is C36H21BO3. The molecule has 0 fully saturated rings. The van der Waals surface area contributed by atoms with Gasteiger partial charge in [0.05, 0.1) is 0 Å². The van der Waals surface area contributed by atoms with Crippen LogP contribution in [0.25, 0.3) is 44.2 Å². The van der Waals surface area contributed by atoms with Crippen molar-refractivity contribution in [2.24, 2.45) is 0 Å². The summed E-state index contributed by atoms with van der Waals surface area (Å²) in [6.07, 6.45) is 0. The van der Waals surface area contributed by atoms with Crippen LogP contribution in [0.2, 0.25) is 0 Å². The van der Waals surface area contributed by atoms with Crippen LogP contribution in [0.15, 0.2) is 132 Å². The molecule has 7 aromatic rings. The highest BCUT2D eigenvalue weighted by molar-refractivity contribution is 6.98. The molecule has 0 saturated carbocycles. The van der Waals surface area contributed by atoms with Gasteiger partial charge in [-0.05, 0) is 64.0 Å². The smallest absolute Gasteiger partial charge is 0.260 e. The van der Waals surface area contributed by atoms with E-state index < -0.39 is 0 Å². The van der Waals surface area contributed by atoms with E-state index in [4.69, 9.17) is 13.9 Å². The fraction of sp³-hybridized carbons (Fsp3) is 0. The van der Waals surface area contributed by atoms with Crippen molar-refractivity contribution in [1.82, 2.24) is 0 Å². The summed E-state index contributed by atoms with van der Waals surface area (Å²) in [6, 6.07) is 44.1. The Kier molecular flexibility index (Phi) is 4.41. The molecule has 0 N–H and O–H groups in total. The number of benzene rings is 6. The molecule has 0 spiro atoms. The predicted molar refractivity (Wildman–Crippen MR) is 162 cm³/mol. The summed E-state index contributed by atoms with van der Waals surface area (Å²) in [5.41, 5.74) is 9.54. The van der Waals surface area contributed by atoms with Crippen molar-refractivity contribution in [3.8, 4) is 45.3 Å². The van der Waals surface area contributed by atoms with E-state index in [9.17, 15) is 0 Å². The van der Waals surface area contributed by atoms with Gasteiger partial charge in [-0.1, -0.05) is 91.0 Å². The normalized spacial score (nSPS) is 12.8. The molecule has 40 heavy (non-hydrogen) atoms. The quantitative estimate of drug-likeness (QED) is 0.223. The molecular weight excluding hydrogens is 491 g/mol. The van der Waals surface area contributed by atoms with E-state index in [1.54, 1.807) is 0 Å². The van der Waals surface area contributed by atoms with Gasteiger partial charge in [0.1, 0.15) is 34.2 Å². The fourth-order valence-electron chi connectivity index (χ4n) is 6.40. The zero-order valence-electron chi connectivity index (χ0n) is 21.4. The first-order valence-electron chi connectivity index (χ1n) is 13.5. The van der Waals surface area contributed by atoms with Gasteiger partial charge in [0, 0.05) is 21.8 Å². The van der Waals surface area contributed by atoms with Crippen molar-refractivity contribution in [3.63, 3.8) is 0 Å². The zero-order chi connectivity index (χ0) is 26.2. The summed E-state index contributed by atoms with van der Waals surface area (Å²) in [7, 11) is 0. The third-order valence-corrected chi connectivity index (χ3v) is 8.20. The highest BCUT2D eigenvalue weighted by Crippen LogP contribution is 2.40. The molecule has 1 aromatic heterocycles. The third kappa shape index (κ3) is 3.08. The maximum Gasteiger partial charge on any atom is 0.260 e. The third-order valence-electron chi connectivity index (χ3n) is 8.20. The Hall–Kier alpha value is -5.22.